The highest BCUT2D eigenvalue weighted by atomic mass is 32.1. The van der Waals surface area contributed by atoms with Crippen LogP contribution in [0.3, 0.4) is 0 Å². The highest BCUT2D eigenvalue weighted by Gasteiger charge is 2.20. The number of carbonyl (C=O) groups is 1. The second-order valence-corrected chi connectivity index (χ2v) is 5.94. The Balaban J connectivity index is 2.17. The molecule has 0 radical (unpaired) electrons. The Labute approximate surface area is 131 Å². The fourth-order valence-corrected chi connectivity index (χ4v) is 3.25. The minimum absolute atomic E-state index is 0.239. The first kappa shape index (κ1) is 14.3. The topological polar surface area (TPSA) is 76.2 Å². The lowest BCUT2D eigenvalue weighted by atomic mass is 10.1. The average Bonchev–Trinajstić information content (AvgIpc) is 2.93. The largest absolute Gasteiger partial charge is 0.477 e. The molecule has 2 aromatic carbocycles. The molecule has 0 aliphatic carbocycles. The number of thiazole rings is 1. The Morgan fingerprint density at radius 2 is 1.82 bits per heavy atom. The molecule has 22 heavy (non-hydrogen) atoms. The number of aryl methyl sites for hydroxylation is 1. The van der Waals surface area contributed by atoms with E-state index in [-0.39, 0.29) is 4.88 Å². The number of rotatable bonds is 3. The maximum Gasteiger partial charge on any atom is 0.348 e. The molecule has 0 aliphatic heterocycles. The molecule has 0 amide bonds. The Kier molecular flexibility index (Phi) is 3.65. The third-order valence-electron chi connectivity index (χ3n) is 3.38. The standard InChI is InChI=1S/C17H14N2O2S/c1-10-4-2-3-5-13(10)16-19-14(15(22-16)17(20)21)11-6-8-12(18)9-7-11/h2-9H,18H2,1H3,(H,20,21). The van der Waals surface area contributed by atoms with Gasteiger partial charge < -0.3 is 10.8 Å². The minimum atomic E-state index is -0.968. The van der Waals surface area contributed by atoms with Crippen LogP contribution in [0.15, 0.2) is 48.5 Å². The maximum atomic E-state index is 11.5. The number of carboxylic acids is 1. The number of benzene rings is 2. The number of aromatic nitrogens is 1. The third kappa shape index (κ3) is 2.58. The Morgan fingerprint density at radius 1 is 1.14 bits per heavy atom. The van der Waals surface area contributed by atoms with Crippen molar-refractivity contribution >= 4 is 23.0 Å². The van der Waals surface area contributed by atoms with E-state index in [1.54, 1.807) is 24.3 Å². The zero-order valence-electron chi connectivity index (χ0n) is 11.9. The fourth-order valence-electron chi connectivity index (χ4n) is 2.23. The third-order valence-corrected chi connectivity index (χ3v) is 4.46. The van der Waals surface area contributed by atoms with Crippen LogP contribution in [0, 0.1) is 6.92 Å². The molecule has 0 aliphatic rings. The normalized spacial score (nSPS) is 10.6. The van der Waals surface area contributed by atoms with Crippen molar-refractivity contribution in [2.24, 2.45) is 0 Å². The van der Waals surface area contributed by atoms with E-state index in [2.05, 4.69) is 4.98 Å². The summed E-state index contributed by atoms with van der Waals surface area (Å²) in [6.45, 7) is 1.99. The van der Waals surface area contributed by atoms with Crippen LogP contribution in [0.1, 0.15) is 15.2 Å². The van der Waals surface area contributed by atoms with Crippen molar-refractivity contribution in [3.8, 4) is 21.8 Å². The minimum Gasteiger partial charge on any atom is -0.477 e. The highest BCUT2D eigenvalue weighted by molar-refractivity contribution is 7.17. The second-order valence-electron chi connectivity index (χ2n) is 4.94. The van der Waals surface area contributed by atoms with Gasteiger partial charge in [-0.1, -0.05) is 36.4 Å². The van der Waals surface area contributed by atoms with E-state index in [0.717, 1.165) is 16.7 Å². The van der Waals surface area contributed by atoms with Crippen molar-refractivity contribution in [2.75, 3.05) is 5.73 Å². The predicted octanol–water partition coefficient (Wildman–Crippen LogP) is 4.07. The van der Waals surface area contributed by atoms with Crippen molar-refractivity contribution in [1.29, 1.82) is 0 Å². The van der Waals surface area contributed by atoms with Crippen LogP contribution >= 0.6 is 11.3 Å². The summed E-state index contributed by atoms with van der Waals surface area (Å²) in [5.74, 6) is -0.968. The van der Waals surface area contributed by atoms with Crippen LogP contribution in [0.2, 0.25) is 0 Å². The van der Waals surface area contributed by atoms with Gasteiger partial charge in [0, 0.05) is 16.8 Å². The molecule has 1 heterocycles. The number of nitrogens with zero attached hydrogens (tertiary/aromatic N) is 1. The Morgan fingerprint density at radius 3 is 2.45 bits per heavy atom. The quantitative estimate of drug-likeness (QED) is 0.715. The molecule has 1 aromatic heterocycles. The van der Waals surface area contributed by atoms with E-state index in [0.29, 0.717) is 16.4 Å². The maximum absolute atomic E-state index is 11.5. The van der Waals surface area contributed by atoms with E-state index in [1.165, 1.54) is 11.3 Å². The molecular weight excluding hydrogens is 296 g/mol. The monoisotopic (exact) mass is 310 g/mol. The SMILES string of the molecule is Cc1ccccc1-c1nc(-c2ccc(N)cc2)c(C(=O)O)s1. The van der Waals surface area contributed by atoms with Gasteiger partial charge in [0.25, 0.3) is 0 Å². The summed E-state index contributed by atoms with van der Waals surface area (Å²) in [7, 11) is 0. The first-order chi connectivity index (χ1) is 10.6. The zero-order chi connectivity index (χ0) is 15.7. The molecule has 3 rings (SSSR count). The van der Waals surface area contributed by atoms with Crippen molar-refractivity contribution in [3.63, 3.8) is 0 Å². The van der Waals surface area contributed by atoms with Gasteiger partial charge in [0.1, 0.15) is 9.88 Å². The fraction of sp³-hybridized carbons (Fsp3) is 0.0588. The molecule has 0 saturated heterocycles. The summed E-state index contributed by atoms with van der Waals surface area (Å²) in [5.41, 5.74) is 9.58. The molecule has 0 saturated carbocycles. The summed E-state index contributed by atoms with van der Waals surface area (Å²) < 4.78 is 0. The van der Waals surface area contributed by atoms with Crippen molar-refractivity contribution in [3.05, 3.63) is 59.0 Å². The average molecular weight is 310 g/mol. The number of anilines is 1. The molecule has 5 heteroatoms. The van der Waals surface area contributed by atoms with Gasteiger partial charge in [-0.3, -0.25) is 0 Å². The number of hydrogen-bond acceptors (Lipinski definition) is 4. The predicted molar refractivity (Wildman–Crippen MR) is 89.1 cm³/mol. The van der Waals surface area contributed by atoms with Gasteiger partial charge in [0.2, 0.25) is 0 Å². The summed E-state index contributed by atoms with van der Waals surface area (Å²) >= 11 is 1.19. The van der Waals surface area contributed by atoms with Crippen molar-refractivity contribution < 1.29 is 9.90 Å². The molecule has 0 atom stereocenters. The number of nitrogen functional groups attached to an aromatic ring is 1. The van der Waals surface area contributed by atoms with E-state index in [4.69, 9.17) is 5.73 Å². The van der Waals surface area contributed by atoms with Crippen LogP contribution < -0.4 is 5.73 Å². The van der Waals surface area contributed by atoms with Crippen molar-refractivity contribution in [1.82, 2.24) is 4.98 Å². The van der Waals surface area contributed by atoms with Crippen LogP contribution in [0.4, 0.5) is 5.69 Å². The van der Waals surface area contributed by atoms with Gasteiger partial charge in [0.05, 0.1) is 5.69 Å². The lowest BCUT2D eigenvalue weighted by molar-refractivity contribution is 0.0702. The van der Waals surface area contributed by atoms with Gasteiger partial charge in [-0.25, -0.2) is 9.78 Å². The van der Waals surface area contributed by atoms with Crippen LogP contribution in [-0.2, 0) is 0 Å². The summed E-state index contributed by atoms with van der Waals surface area (Å²) in [4.78, 5) is 16.3. The number of carboxylic acid groups (broad SMARTS) is 1. The van der Waals surface area contributed by atoms with E-state index in [1.807, 2.05) is 31.2 Å². The second kappa shape index (κ2) is 5.61. The molecule has 0 bridgehead atoms. The van der Waals surface area contributed by atoms with Crippen molar-refractivity contribution in [2.45, 2.75) is 6.92 Å². The van der Waals surface area contributed by atoms with Gasteiger partial charge in [0.15, 0.2) is 0 Å². The Bertz CT molecular complexity index is 838. The summed E-state index contributed by atoms with van der Waals surface area (Å²) in [6, 6.07) is 14.9. The molecule has 0 spiro atoms. The lowest BCUT2D eigenvalue weighted by Crippen LogP contribution is -1.95. The number of aromatic carboxylic acids is 1. The van der Waals surface area contributed by atoms with Crippen LogP contribution in [0.25, 0.3) is 21.8 Å². The first-order valence-electron chi connectivity index (χ1n) is 6.72. The van der Waals surface area contributed by atoms with E-state index >= 15 is 0 Å². The van der Waals surface area contributed by atoms with Gasteiger partial charge in [-0.05, 0) is 24.6 Å². The van der Waals surface area contributed by atoms with Gasteiger partial charge >= 0.3 is 5.97 Å². The molecule has 3 aromatic rings. The highest BCUT2D eigenvalue weighted by Crippen LogP contribution is 2.35. The van der Waals surface area contributed by atoms with Crippen LogP contribution in [-0.4, -0.2) is 16.1 Å². The Hall–Kier alpha value is -2.66. The molecule has 3 N–H and O–H groups in total. The summed E-state index contributed by atoms with van der Waals surface area (Å²) in [6.07, 6.45) is 0. The van der Waals surface area contributed by atoms with Gasteiger partial charge in [-0.2, -0.15) is 0 Å². The van der Waals surface area contributed by atoms with Crippen LogP contribution in [0.5, 0.6) is 0 Å². The lowest BCUT2D eigenvalue weighted by Gasteiger charge is -2.01. The molecule has 110 valence electrons. The van der Waals surface area contributed by atoms with E-state index < -0.39 is 5.97 Å². The zero-order valence-corrected chi connectivity index (χ0v) is 12.7. The number of nitrogens with two attached hydrogens (primary N) is 1. The van der Waals surface area contributed by atoms with E-state index in [9.17, 15) is 9.90 Å². The van der Waals surface area contributed by atoms with Gasteiger partial charge in [-0.15, -0.1) is 11.3 Å². The number of hydrogen-bond donors (Lipinski definition) is 2. The molecular formula is C17H14N2O2S. The smallest absolute Gasteiger partial charge is 0.348 e. The molecule has 0 fully saturated rings. The molecule has 0 unspecified atom stereocenters. The molecule has 4 nitrogen and oxygen atoms in total. The summed E-state index contributed by atoms with van der Waals surface area (Å²) in [5, 5.41) is 10.2. The first-order valence-corrected chi connectivity index (χ1v) is 7.54.